The molecule has 0 bridgehead atoms. The molecule has 0 radical (unpaired) electrons. The minimum absolute atomic E-state index is 0.00920. The quantitative estimate of drug-likeness (QED) is 0.857. The highest BCUT2D eigenvalue weighted by atomic mass is 35.5. The van der Waals surface area contributed by atoms with E-state index in [4.69, 9.17) is 11.6 Å². The van der Waals surface area contributed by atoms with Gasteiger partial charge in [-0.3, -0.25) is 0 Å². The number of hydrogen-bond donors (Lipinski definition) is 2. The molecule has 2 N–H and O–H groups in total. The first-order valence-electron chi connectivity index (χ1n) is 6.66. The summed E-state index contributed by atoms with van der Waals surface area (Å²) in [5.74, 6) is 0.351. The molecule has 9 heteroatoms. The number of nitrogens with zero attached hydrogens (tertiary/aromatic N) is 3. The van der Waals surface area contributed by atoms with Crippen LogP contribution in [0.3, 0.4) is 0 Å². The lowest BCUT2D eigenvalue weighted by Gasteiger charge is -2.21. The van der Waals surface area contributed by atoms with Crippen LogP contribution in [-0.2, 0) is 6.18 Å². The molecule has 0 atom stereocenters. The van der Waals surface area contributed by atoms with E-state index in [0.29, 0.717) is 5.82 Å². The summed E-state index contributed by atoms with van der Waals surface area (Å²) in [6.45, 7) is 5.76. The van der Waals surface area contributed by atoms with Crippen LogP contribution in [-0.4, -0.2) is 20.7 Å². The van der Waals surface area contributed by atoms with Crippen molar-refractivity contribution in [2.45, 2.75) is 32.5 Å². The van der Waals surface area contributed by atoms with Crippen molar-refractivity contribution in [3.05, 3.63) is 35.0 Å². The van der Waals surface area contributed by atoms with Gasteiger partial charge in [-0.25, -0.2) is 0 Å². The smallest absolute Gasteiger partial charge is 0.364 e. The lowest BCUT2D eigenvalue weighted by Crippen LogP contribution is -2.27. The standard InChI is InChI=1S/C14H15ClF3N5/c1-13(2,3)22-11-7-19-23-12(21-11)20-10-5-4-8(15)6-9(10)14(16,17)18/h4-7H,1-3H3,(H2,20,21,22,23). The van der Waals surface area contributed by atoms with Gasteiger partial charge in [0.25, 0.3) is 0 Å². The van der Waals surface area contributed by atoms with Crippen LogP contribution in [0.2, 0.25) is 5.02 Å². The van der Waals surface area contributed by atoms with E-state index < -0.39 is 11.7 Å². The molecule has 2 rings (SSSR count). The van der Waals surface area contributed by atoms with E-state index in [1.54, 1.807) is 0 Å². The van der Waals surface area contributed by atoms with Crippen molar-refractivity contribution in [2.24, 2.45) is 0 Å². The zero-order valence-corrected chi connectivity index (χ0v) is 13.4. The Kier molecular flexibility index (Phi) is 4.65. The number of hydrogen-bond acceptors (Lipinski definition) is 5. The summed E-state index contributed by atoms with van der Waals surface area (Å²) in [5.41, 5.74) is -1.37. The molecule has 0 fully saturated rings. The molecule has 0 spiro atoms. The Bertz CT molecular complexity index is 698. The van der Waals surface area contributed by atoms with E-state index in [1.807, 2.05) is 20.8 Å². The van der Waals surface area contributed by atoms with Crippen LogP contribution in [0.4, 0.5) is 30.6 Å². The first kappa shape index (κ1) is 17.3. The van der Waals surface area contributed by atoms with Crippen LogP contribution in [0.5, 0.6) is 0 Å². The van der Waals surface area contributed by atoms with Crippen LogP contribution >= 0.6 is 11.6 Å². The van der Waals surface area contributed by atoms with Crippen molar-refractivity contribution in [2.75, 3.05) is 10.6 Å². The highest BCUT2D eigenvalue weighted by molar-refractivity contribution is 6.30. The van der Waals surface area contributed by atoms with Crippen molar-refractivity contribution in [3.8, 4) is 0 Å². The second kappa shape index (κ2) is 6.19. The molecule has 2 aromatic rings. The van der Waals surface area contributed by atoms with Crippen molar-refractivity contribution < 1.29 is 13.2 Å². The molecule has 0 saturated heterocycles. The maximum Gasteiger partial charge on any atom is 0.418 e. The Hall–Kier alpha value is -2.09. The maximum absolute atomic E-state index is 13.1. The zero-order valence-electron chi connectivity index (χ0n) is 12.7. The third kappa shape index (κ3) is 4.95. The van der Waals surface area contributed by atoms with Gasteiger partial charge < -0.3 is 10.6 Å². The van der Waals surface area contributed by atoms with Gasteiger partial charge >= 0.3 is 6.18 Å². The monoisotopic (exact) mass is 345 g/mol. The van der Waals surface area contributed by atoms with Gasteiger partial charge in [-0.2, -0.15) is 23.3 Å². The minimum atomic E-state index is -4.55. The number of rotatable bonds is 3. The van der Waals surface area contributed by atoms with Gasteiger partial charge in [0, 0.05) is 10.6 Å². The third-order valence-electron chi connectivity index (χ3n) is 2.60. The molecule has 0 amide bonds. The van der Waals surface area contributed by atoms with Gasteiger partial charge in [0.05, 0.1) is 17.4 Å². The number of anilines is 3. The van der Waals surface area contributed by atoms with E-state index >= 15 is 0 Å². The molecule has 1 aromatic heterocycles. The van der Waals surface area contributed by atoms with Crippen LogP contribution in [0, 0.1) is 0 Å². The summed E-state index contributed by atoms with van der Waals surface area (Å²) < 4.78 is 39.2. The van der Waals surface area contributed by atoms with Crippen molar-refractivity contribution in [1.29, 1.82) is 0 Å². The van der Waals surface area contributed by atoms with E-state index in [0.717, 1.165) is 6.07 Å². The largest absolute Gasteiger partial charge is 0.418 e. The average molecular weight is 346 g/mol. The summed E-state index contributed by atoms with van der Waals surface area (Å²) in [6, 6.07) is 3.41. The van der Waals surface area contributed by atoms with Gasteiger partial charge in [0.2, 0.25) is 5.95 Å². The topological polar surface area (TPSA) is 62.7 Å². The summed E-state index contributed by atoms with van der Waals surface area (Å²) >= 11 is 5.64. The molecule has 124 valence electrons. The van der Waals surface area contributed by atoms with Crippen LogP contribution in [0.15, 0.2) is 24.4 Å². The molecule has 1 heterocycles. The minimum Gasteiger partial charge on any atom is -0.364 e. The van der Waals surface area contributed by atoms with Crippen molar-refractivity contribution in [3.63, 3.8) is 0 Å². The normalized spacial score (nSPS) is 12.1. The Morgan fingerprint density at radius 2 is 1.83 bits per heavy atom. The summed E-state index contributed by atoms with van der Waals surface area (Å²) in [7, 11) is 0. The molecule has 23 heavy (non-hydrogen) atoms. The summed E-state index contributed by atoms with van der Waals surface area (Å²) in [5, 5.41) is 13.0. The number of halogens is 4. The maximum atomic E-state index is 13.1. The van der Waals surface area contributed by atoms with Gasteiger partial charge in [-0.15, -0.1) is 5.10 Å². The molecule has 0 aliphatic carbocycles. The number of aromatic nitrogens is 3. The fraction of sp³-hybridized carbons (Fsp3) is 0.357. The molecular formula is C14H15ClF3N5. The van der Waals surface area contributed by atoms with E-state index in [2.05, 4.69) is 25.8 Å². The molecule has 0 unspecified atom stereocenters. The third-order valence-corrected chi connectivity index (χ3v) is 2.83. The second-order valence-corrected chi connectivity index (χ2v) is 6.29. The first-order chi connectivity index (χ1) is 10.5. The lowest BCUT2D eigenvalue weighted by atomic mass is 10.1. The molecule has 0 saturated carbocycles. The van der Waals surface area contributed by atoms with Gasteiger partial charge in [-0.05, 0) is 39.0 Å². The van der Waals surface area contributed by atoms with E-state index in [9.17, 15) is 13.2 Å². The highest BCUT2D eigenvalue weighted by Gasteiger charge is 2.34. The van der Waals surface area contributed by atoms with Crippen molar-refractivity contribution >= 4 is 29.1 Å². The average Bonchev–Trinajstić information content (AvgIpc) is 2.38. The lowest BCUT2D eigenvalue weighted by molar-refractivity contribution is -0.136. The fourth-order valence-corrected chi connectivity index (χ4v) is 1.95. The molecular weight excluding hydrogens is 331 g/mol. The van der Waals surface area contributed by atoms with E-state index in [1.165, 1.54) is 18.3 Å². The number of alkyl halides is 3. The summed E-state index contributed by atoms with van der Waals surface area (Å²) in [6.07, 6.45) is -3.16. The first-order valence-corrected chi connectivity index (χ1v) is 7.04. The van der Waals surface area contributed by atoms with Crippen molar-refractivity contribution in [1.82, 2.24) is 15.2 Å². The Morgan fingerprint density at radius 1 is 1.13 bits per heavy atom. The predicted octanol–water partition coefficient (Wildman–Crippen LogP) is 4.50. The van der Waals surface area contributed by atoms with Gasteiger partial charge in [0.1, 0.15) is 0 Å². The Morgan fingerprint density at radius 3 is 2.43 bits per heavy atom. The predicted molar refractivity (Wildman–Crippen MR) is 82.9 cm³/mol. The number of nitrogens with one attached hydrogen (secondary N) is 2. The molecule has 0 aliphatic heterocycles. The Balaban J connectivity index is 2.31. The SMILES string of the molecule is CC(C)(C)Nc1cnnc(Nc2ccc(Cl)cc2C(F)(F)F)n1. The summed E-state index contributed by atoms with van der Waals surface area (Å²) in [4.78, 5) is 4.10. The van der Waals surface area contributed by atoms with E-state index in [-0.39, 0.29) is 22.2 Å². The number of benzene rings is 1. The van der Waals surface area contributed by atoms with Crippen LogP contribution < -0.4 is 10.6 Å². The van der Waals surface area contributed by atoms with Gasteiger partial charge in [0.15, 0.2) is 5.82 Å². The molecule has 1 aromatic carbocycles. The van der Waals surface area contributed by atoms with Gasteiger partial charge in [-0.1, -0.05) is 11.6 Å². The molecule has 0 aliphatic rings. The molecule has 5 nitrogen and oxygen atoms in total. The fourth-order valence-electron chi connectivity index (χ4n) is 1.78. The second-order valence-electron chi connectivity index (χ2n) is 5.85. The Labute approximate surface area is 136 Å². The zero-order chi connectivity index (χ0) is 17.3. The van der Waals surface area contributed by atoms with Crippen LogP contribution in [0.25, 0.3) is 0 Å². The highest BCUT2D eigenvalue weighted by Crippen LogP contribution is 2.37. The van der Waals surface area contributed by atoms with Crippen LogP contribution in [0.1, 0.15) is 26.3 Å².